The lowest BCUT2D eigenvalue weighted by Gasteiger charge is -2.01. The molecule has 6 heteroatoms. The van der Waals surface area contributed by atoms with Crippen LogP contribution in [0.1, 0.15) is 32.6 Å². The Morgan fingerprint density at radius 2 is 2.11 bits per heavy atom. The number of anilines is 1. The smallest absolute Gasteiger partial charge is 0.257 e. The van der Waals surface area contributed by atoms with Crippen LogP contribution in [0, 0.1) is 6.92 Å². The number of Topliss-reactive ketones (excluding diaryl/α,β-unsaturated/α-hetero) is 1. The van der Waals surface area contributed by atoms with Gasteiger partial charge >= 0.3 is 0 Å². The van der Waals surface area contributed by atoms with Crippen LogP contribution in [0.4, 0.5) is 5.13 Å². The first-order chi connectivity index (χ1) is 8.97. The van der Waals surface area contributed by atoms with Gasteiger partial charge in [0.05, 0.1) is 10.6 Å². The quantitative estimate of drug-likeness (QED) is 0.881. The SMILES string of the molecule is CC(=O)c1sc(NC(=O)c2cccc(Cl)c2)nc1C. The maximum atomic E-state index is 12.0. The molecule has 98 valence electrons. The van der Waals surface area contributed by atoms with E-state index in [4.69, 9.17) is 11.6 Å². The highest BCUT2D eigenvalue weighted by Gasteiger charge is 2.14. The molecule has 1 heterocycles. The van der Waals surface area contributed by atoms with Crippen molar-refractivity contribution in [2.24, 2.45) is 0 Å². The second-order valence-electron chi connectivity index (χ2n) is 3.95. The van der Waals surface area contributed by atoms with Crippen molar-refractivity contribution in [3.63, 3.8) is 0 Å². The largest absolute Gasteiger partial charge is 0.298 e. The van der Waals surface area contributed by atoms with Crippen LogP contribution in [0.2, 0.25) is 5.02 Å². The molecule has 1 N–H and O–H groups in total. The van der Waals surface area contributed by atoms with E-state index in [2.05, 4.69) is 10.3 Å². The molecule has 0 aliphatic rings. The molecule has 0 aliphatic carbocycles. The van der Waals surface area contributed by atoms with E-state index in [1.165, 1.54) is 18.3 Å². The minimum atomic E-state index is -0.300. The first kappa shape index (κ1) is 13.7. The van der Waals surface area contributed by atoms with Crippen LogP contribution in [-0.4, -0.2) is 16.7 Å². The Morgan fingerprint density at radius 1 is 1.37 bits per heavy atom. The molecule has 0 aliphatic heterocycles. The molecule has 0 fully saturated rings. The van der Waals surface area contributed by atoms with Crippen LogP contribution < -0.4 is 5.32 Å². The number of rotatable bonds is 3. The van der Waals surface area contributed by atoms with Gasteiger partial charge in [0.15, 0.2) is 10.9 Å². The molecule has 1 aromatic heterocycles. The molecule has 19 heavy (non-hydrogen) atoms. The van der Waals surface area contributed by atoms with Gasteiger partial charge in [-0.1, -0.05) is 29.0 Å². The normalized spacial score (nSPS) is 10.3. The average molecular weight is 295 g/mol. The van der Waals surface area contributed by atoms with Crippen LogP contribution in [-0.2, 0) is 0 Å². The topological polar surface area (TPSA) is 59.1 Å². The fourth-order valence-corrected chi connectivity index (χ4v) is 2.62. The van der Waals surface area contributed by atoms with Crippen molar-refractivity contribution < 1.29 is 9.59 Å². The Balaban J connectivity index is 2.20. The van der Waals surface area contributed by atoms with E-state index in [1.807, 2.05) is 0 Å². The summed E-state index contributed by atoms with van der Waals surface area (Å²) in [6, 6.07) is 6.63. The summed E-state index contributed by atoms with van der Waals surface area (Å²) in [7, 11) is 0. The van der Waals surface area contributed by atoms with Gasteiger partial charge in [0.2, 0.25) is 0 Å². The Kier molecular flexibility index (Phi) is 3.97. The molecule has 0 atom stereocenters. The van der Waals surface area contributed by atoms with Gasteiger partial charge in [0.1, 0.15) is 0 Å². The number of thiazole rings is 1. The number of aromatic nitrogens is 1. The first-order valence-corrected chi connectivity index (χ1v) is 6.72. The Hall–Kier alpha value is -1.72. The van der Waals surface area contributed by atoms with Crippen LogP contribution in [0.5, 0.6) is 0 Å². The number of hydrogen-bond donors (Lipinski definition) is 1. The molecule has 2 rings (SSSR count). The summed E-state index contributed by atoms with van der Waals surface area (Å²) in [4.78, 5) is 28.0. The predicted octanol–water partition coefficient (Wildman–Crippen LogP) is 3.56. The van der Waals surface area contributed by atoms with Crippen LogP contribution >= 0.6 is 22.9 Å². The van der Waals surface area contributed by atoms with E-state index in [1.54, 1.807) is 31.2 Å². The number of aryl methyl sites for hydroxylation is 1. The van der Waals surface area contributed by atoms with Crippen molar-refractivity contribution in [1.29, 1.82) is 0 Å². The number of benzene rings is 1. The minimum absolute atomic E-state index is 0.0572. The van der Waals surface area contributed by atoms with Crippen molar-refractivity contribution in [3.8, 4) is 0 Å². The van der Waals surface area contributed by atoms with Gasteiger partial charge in [-0.05, 0) is 25.1 Å². The summed E-state index contributed by atoms with van der Waals surface area (Å²) in [5.41, 5.74) is 1.07. The number of carbonyl (C=O) groups excluding carboxylic acids is 2. The number of ketones is 1. The van der Waals surface area contributed by atoms with Gasteiger partial charge in [-0.3, -0.25) is 14.9 Å². The number of hydrogen-bond acceptors (Lipinski definition) is 4. The summed E-state index contributed by atoms with van der Waals surface area (Å²) >= 11 is 6.99. The number of nitrogens with zero attached hydrogens (tertiary/aromatic N) is 1. The minimum Gasteiger partial charge on any atom is -0.298 e. The molecule has 2 aromatic rings. The molecule has 4 nitrogen and oxygen atoms in total. The molecule has 1 amide bonds. The molecule has 0 saturated heterocycles. The van der Waals surface area contributed by atoms with Gasteiger partial charge < -0.3 is 0 Å². The standard InChI is InChI=1S/C13H11ClN2O2S/c1-7-11(8(2)17)19-13(15-7)16-12(18)9-4-3-5-10(14)6-9/h3-6H,1-2H3,(H,15,16,18). The van der Waals surface area contributed by atoms with Crippen molar-refractivity contribution in [2.45, 2.75) is 13.8 Å². The zero-order valence-electron chi connectivity index (χ0n) is 10.4. The summed E-state index contributed by atoms with van der Waals surface area (Å²) in [6.45, 7) is 3.21. The van der Waals surface area contributed by atoms with Gasteiger partial charge in [0, 0.05) is 17.5 Å². The highest BCUT2D eigenvalue weighted by molar-refractivity contribution is 7.17. The zero-order chi connectivity index (χ0) is 14.0. The second-order valence-corrected chi connectivity index (χ2v) is 5.39. The molecule has 0 spiro atoms. The van der Waals surface area contributed by atoms with Gasteiger partial charge in [-0.15, -0.1) is 0 Å². The van der Waals surface area contributed by atoms with Crippen LogP contribution in [0.25, 0.3) is 0 Å². The van der Waals surface area contributed by atoms with Crippen molar-refractivity contribution >= 4 is 39.8 Å². The van der Waals surface area contributed by atoms with E-state index in [0.29, 0.717) is 26.3 Å². The van der Waals surface area contributed by atoms with Crippen LogP contribution in [0.3, 0.4) is 0 Å². The van der Waals surface area contributed by atoms with Crippen molar-refractivity contribution in [2.75, 3.05) is 5.32 Å². The molecule has 0 bridgehead atoms. The maximum Gasteiger partial charge on any atom is 0.257 e. The molecule has 1 aromatic carbocycles. The lowest BCUT2D eigenvalue weighted by molar-refractivity contribution is 0.101. The lowest BCUT2D eigenvalue weighted by atomic mass is 10.2. The summed E-state index contributed by atoms with van der Waals surface area (Å²) in [6.07, 6.45) is 0. The van der Waals surface area contributed by atoms with Gasteiger partial charge in [0.25, 0.3) is 5.91 Å². The Bertz CT molecular complexity index is 652. The van der Waals surface area contributed by atoms with Crippen molar-refractivity contribution in [1.82, 2.24) is 4.98 Å². The maximum absolute atomic E-state index is 12.0. The first-order valence-electron chi connectivity index (χ1n) is 5.52. The van der Waals surface area contributed by atoms with Gasteiger partial charge in [-0.25, -0.2) is 4.98 Å². The highest BCUT2D eigenvalue weighted by atomic mass is 35.5. The number of halogens is 1. The van der Waals surface area contributed by atoms with E-state index >= 15 is 0 Å². The summed E-state index contributed by atoms with van der Waals surface area (Å²) in [5.74, 6) is -0.357. The zero-order valence-corrected chi connectivity index (χ0v) is 11.9. The second kappa shape index (κ2) is 5.50. The highest BCUT2D eigenvalue weighted by Crippen LogP contribution is 2.23. The van der Waals surface area contributed by atoms with E-state index in [0.717, 1.165) is 0 Å². The molecule has 0 radical (unpaired) electrons. The van der Waals surface area contributed by atoms with E-state index in [-0.39, 0.29) is 11.7 Å². The van der Waals surface area contributed by atoms with Crippen molar-refractivity contribution in [3.05, 3.63) is 45.4 Å². The molecular formula is C13H11ClN2O2S. The molecule has 0 saturated carbocycles. The third kappa shape index (κ3) is 3.19. The predicted molar refractivity (Wildman–Crippen MR) is 76.3 cm³/mol. The monoisotopic (exact) mass is 294 g/mol. The van der Waals surface area contributed by atoms with Crippen LogP contribution in [0.15, 0.2) is 24.3 Å². The summed E-state index contributed by atoms with van der Waals surface area (Å²) in [5, 5.41) is 3.56. The molecule has 0 unspecified atom stereocenters. The fraction of sp³-hybridized carbons (Fsp3) is 0.154. The van der Waals surface area contributed by atoms with E-state index in [9.17, 15) is 9.59 Å². The Labute approximate surface area is 119 Å². The number of amides is 1. The Morgan fingerprint density at radius 3 is 2.68 bits per heavy atom. The number of nitrogens with one attached hydrogen (secondary N) is 1. The average Bonchev–Trinajstić information content (AvgIpc) is 2.70. The lowest BCUT2D eigenvalue weighted by Crippen LogP contribution is -2.11. The fourth-order valence-electron chi connectivity index (χ4n) is 1.58. The number of carbonyl (C=O) groups is 2. The van der Waals surface area contributed by atoms with E-state index < -0.39 is 0 Å². The van der Waals surface area contributed by atoms with Gasteiger partial charge in [-0.2, -0.15) is 0 Å². The third-order valence-corrected chi connectivity index (χ3v) is 3.83. The third-order valence-electron chi connectivity index (χ3n) is 2.42. The summed E-state index contributed by atoms with van der Waals surface area (Å²) < 4.78 is 0. The molecular weight excluding hydrogens is 284 g/mol.